The van der Waals surface area contributed by atoms with Crippen LogP contribution in [-0.2, 0) is 9.59 Å². The van der Waals surface area contributed by atoms with Crippen LogP contribution in [0.1, 0.15) is 18.0 Å². The number of hydrogen-bond acceptors (Lipinski definition) is 4. The molecule has 1 saturated heterocycles. The molecule has 1 aromatic rings. The maximum absolute atomic E-state index is 12.4. The summed E-state index contributed by atoms with van der Waals surface area (Å²) in [7, 11) is 1.44. The molecule has 1 heterocycles. The van der Waals surface area contributed by atoms with E-state index in [1.165, 1.54) is 7.05 Å². The molecule has 1 aliphatic heterocycles. The Bertz CT molecular complexity index is 561. The summed E-state index contributed by atoms with van der Waals surface area (Å²) in [5.41, 5.74) is 6.12. The van der Waals surface area contributed by atoms with Gasteiger partial charge in [0.1, 0.15) is 6.04 Å². The van der Waals surface area contributed by atoms with Crippen molar-refractivity contribution in [3.8, 4) is 0 Å². The quantitative estimate of drug-likeness (QED) is 0.727. The molecular weight excluding hydrogens is 284 g/mol. The van der Waals surface area contributed by atoms with Gasteiger partial charge in [-0.3, -0.25) is 19.8 Å². The molecular formula is C15H20N4O3. The molecule has 1 aromatic carbocycles. The molecule has 118 valence electrons. The van der Waals surface area contributed by atoms with E-state index in [1.807, 2.05) is 35.2 Å². The number of carbonyl (C=O) groups excluding carboxylic acids is 3. The topological polar surface area (TPSA) is 105 Å². The van der Waals surface area contributed by atoms with E-state index in [1.54, 1.807) is 0 Å². The van der Waals surface area contributed by atoms with Crippen molar-refractivity contribution in [1.82, 2.24) is 15.5 Å². The van der Waals surface area contributed by atoms with Crippen LogP contribution in [0.5, 0.6) is 0 Å². The molecule has 0 spiro atoms. The molecule has 2 atom stereocenters. The zero-order chi connectivity index (χ0) is 16.1. The molecule has 7 nitrogen and oxygen atoms in total. The van der Waals surface area contributed by atoms with E-state index in [2.05, 4.69) is 10.6 Å². The molecule has 7 heteroatoms. The van der Waals surface area contributed by atoms with Gasteiger partial charge in [0.25, 0.3) is 0 Å². The van der Waals surface area contributed by atoms with Gasteiger partial charge in [-0.15, -0.1) is 0 Å². The van der Waals surface area contributed by atoms with Crippen LogP contribution in [0, 0.1) is 5.92 Å². The van der Waals surface area contributed by atoms with Crippen LogP contribution in [0.15, 0.2) is 30.3 Å². The Hall–Kier alpha value is -2.41. The maximum atomic E-state index is 12.4. The average Bonchev–Trinajstić information content (AvgIpc) is 2.98. The number of primary amides is 1. The molecule has 0 aromatic heterocycles. The number of rotatable bonds is 4. The van der Waals surface area contributed by atoms with Gasteiger partial charge < -0.3 is 11.1 Å². The molecule has 0 aliphatic carbocycles. The van der Waals surface area contributed by atoms with Gasteiger partial charge in [-0.05, 0) is 12.0 Å². The van der Waals surface area contributed by atoms with E-state index < -0.39 is 18.0 Å². The molecule has 0 bridgehead atoms. The highest BCUT2D eigenvalue weighted by Crippen LogP contribution is 2.27. The maximum Gasteiger partial charge on any atom is 0.321 e. The van der Waals surface area contributed by atoms with Crippen molar-refractivity contribution in [2.45, 2.75) is 12.5 Å². The number of nitrogens with one attached hydrogen (secondary N) is 2. The van der Waals surface area contributed by atoms with Crippen molar-refractivity contribution in [3.05, 3.63) is 35.9 Å². The summed E-state index contributed by atoms with van der Waals surface area (Å²) >= 11 is 0. The fraction of sp³-hybridized carbons (Fsp3) is 0.400. The summed E-state index contributed by atoms with van der Waals surface area (Å²) in [6.07, 6.45) is 0.617. The number of likely N-dealkylation sites (tertiary alicyclic amines) is 1. The summed E-state index contributed by atoms with van der Waals surface area (Å²) in [5, 5.41) is 4.66. The molecule has 1 fully saturated rings. The molecule has 2 rings (SSSR count). The first-order valence-electron chi connectivity index (χ1n) is 7.13. The first-order chi connectivity index (χ1) is 10.5. The minimum Gasteiger partial charge on any atom is -0.369 e. The standard InChI is InChI=1S/C15H20N4O3/c1-17-15(22)18-14(21)12(10-5-3-2-4-6-10)19-8-7-11(9-19)13(16)20/h2-6,11-12H,7-9H2,1H3,(H2,16,20)(H2,17,18,21,22)/t11-,12-/m0/s1. The minimum atomic E-state index is -0.622. The van der Waals surface area contributed by atoms with E-state index in [9.17, 15) is 14.4 Å². The van der Waals surface area contributed by atoms with Gasteiger partial charge in [-0.1, -0.05) is 30.3 Å². The second kappa shape index (κ2) is 7.04. The van der Waals surface area contributed by atoms with Crippen LogP contribution in [0.3, 0.4) is 0 Å². The summed E-state index contributed by atoms with van der Waals surface area (Å²) in [6.45, 7) is 0.990. The van der Waals surface area contributed by atoms with Gasteiger partial charge >= 0.3 is 6.03 Å². The second-order valence-electron chi connectivity index (χ2n) is 5.26. The van der Waals surface area contributed by atoms with Crippen molar-refractivity contribution >= 4 is 17.8 Å². The Morgan fingerprint density at radius 2 is 1.95 bits per heavy atom. The normalized spacial score (nSPS) is 19.4. The lowest BCUT2D eigenvalue weighted by Crippen LogP contribution is -2.45. The van der Waals surface area contributed by atoms with Gasteiger partial charge in [0.2, 0.25) is 11.8 Å². The molecule has 0 radical (unpaired) electrons. The van der Waals surface area contributed by atoms with Crippen LogP contribution >= 0.6 is 0 Å². The van der Waals surface area contributed by atoms with Gasteiger partial charge in [-0.2, -0.15) is 0 Å². The zero-order valence-corrected chi connectivity index (χ0v) is 12.4. The predicted molar refractivity (Wildman–Crippen MR) is 80.7 cm³/mol. The summed E-state index contributed by atoms with van der Waals surface area (Å²) < 4.78 is 0. The molecule has 4 amide bonds. The van der Waals surface area contributed by atoms with E-state index in [4.69, 9.17) is 5.73 Å². The smallest absolute Gasteiger partial charge is 0.321 e. The molecule has 1 aliphatic rings. The third kappa shape index (κ3) is 3.62. The Morgan fingerprint density at radius 1 is 1.27 bits per heavy atom. The third-order valence-electron chi connectivity index (χ3n) is 3.81. The van der Waals surface area contributed by atoms with Gasteiger partial charge in [-0.25, -0.2) is 4.79 Å². The van der Waals surface area contributed by atoms with E-state index in [0.717, 1.165) is 5.56 Å². The number of nitrogens with zero attached hydrogens (tertiary/aromatic N) is 1. The number of hydrogen-bond donors (Lipinski definition) is 3. The van der Waals surface area contributed by atoms with E-state index >= 15 is 0 Å². The summed E-state index contributed by atoms with van der Waals surface area (Å²) in [6, 6.07) is 7.98. The van der Waals surface area contributed by atoms with Crippen molar-refractivity contribution < 1.29 is 14.4 Å². The van der Waals surface area contributed by atoms with Crippen molar-refractivity contribution in [2.75, 3.05) is 20.1 Å². The van der Waals surface area contributed by atoms with Crippen LogP contribution < -0.4 is 16.4 Å². The minimum absolute atomic E-state index is 0.265. The Labute approximate surface area is 128 Å². The third-order valence-corrected chi connectivity index (χ3v) is 3.81. The largest absolute Gasteiger partial charge is 0.369 e. The number of carbonyl (C=O) groups is 3. The lowest BCUT2D eigenvalue weighted by molar-refractivity contribution is -0.126. The van der Waals surface area contributed by atoms with Gasteiger partial charge in [0, 0.05) is 20.1 Å². The second-order valence-corrected chi connectivity index (χ2v) is 5.26. The monoisotopic (exact) mass is 304 g/mol. The molecule has 22 heavy (non-hydrogen) atoms. The number of benzene rings is 1. The highest BCUT2D eigenvalue weighted by molar-refractivity contribution is 5.97. The molecule has 4 N–H and O–H groups in total. The summed E-state index contributed by atoms with van der Waals surface area (Å²) in [4.78, 5) is 37.1. The van der Waals surface area contributed by atoms with Gasteiger partial charge in [0.05, 0.1) is 5.92 Å². The number of urea groups is 1. The van der Waals surface area contributed by atoms with Crippen molar-refractivity contribution in [1.29, 1.82) is 0 Å². The van der Waals surface area contributed by atoms with Gasteiger partial charge in [0.15, 0.2) is 0 Å². The average molecular weight is 304 g/mol. The van der Waals surface area contributed by atoms with Crippen LogP contribution in [0.4, 0.5) is 4.79 Å². The molecule has 0 saturated carbocycles. The number of amides is 4. The summed E-state index contributed by atoms with van der Waals surface area (Å²) in [5.74, 6) is -1.05. The first kappa shape index (κ1) is 16.0. The van der Waals surface area contributed by atoms with Crippen molar-refractivity contribution in [3.63, 3.8) is 0 Å². The SMILES string of the molecule is CNC(=O)NC(=O)[C@H](c1ccccc1)N1CC[C@H](C(N)=O)C1. The molecule has 0 unspecified atom stereocenters. The fourth-order valence-electron chi connectivity index (χ4n) is 2.66. The van der Waals surface area contributed by atoms with E-state index in [-0.39, 0.29) is 11.8 Å². The lowest BCUT2D eigenvalue weighted by atomic mass is 10.0. The highest BCUT2D eigenvalue weighted by Gasteiger charge is 2.35. The first-order valence-corrected chi connectivity index (χ1v) is 7.13. The lowest BCUT2D eigenvalue weighted by Gasteiger charge is -2.26. The number of nitrogens with two attached hydrogens (primary N) is 1. The van der Waals surface area contributed by atoms with Crippen molar-refractivity contribution in [2.24, 2.45) is 11.7 Å². The predicted octanol–water partition coefficient (Wildman–Crippen LogP) is -0.00950. The number of imide groups is 1. The van der Waals surface area contributed by atoms with Crippen LogP contribution in [-0.4, -0.2) is 42.9 Å². The van der Waals surface area contributed by atoms with Crippen LogP contribution in [0.25, 0.3) is 0 Å². The Balaban J connectivity index is 2.21. The Morgan fingerprint density at radius 3 is 2.50 bits per heavy atom. The Kier molecular flexibility index (Phi) is 5.11. The highest BCUT2D eigenvalue weighted by atomic mass is 16.2. The zero-order valence-electron chi connectivity index (χ0n) is 12.4. The van der Waals surface area contributed by atoms with E-state index in [0.29, 0.717) is 19.5 Å². The van der Waals surface area contributed by atoms with Crippen LogP contribution in [0.2, 0.25) is 0 Å². The fourth-order valence-corrected chi connectivity index (χ4v) is 2.66.